The summed E-state index contributed by atoms with van der Waals surface area (Å²) in [5.41, 5.74) is 12.4. The molecule has 0 bridgehead atoms. The minimum absolute atomic E-state index is 0.434. The Morgan fingerprint density at radius 3 is 2.76 bits per heavy atom. The number of rotatable bonds is 8. The van der Waals surface area contributed by atoms with Gasteiger partial charge in [0.2, 0.25) is 5.95 Å². The summed E-state index contributed by atoms with van der Waals surface area (Å²) in [6.45, 7) is 4.33. The average molecular weight is 509 g/mol. The first-order chi connectivity index (χ1) is 18.4. The van der Waals surface area contributed by atoms with Crippen molar-refractivity contribution >= 4 is 45.2 Å². The zero-order valence-corrected chi connectivity index (χ0v) is 21.6. The van der Waals surface area contributed by atoms with Gasteiger partial charge in [0, 0.05) is 49.9 Å². The molecule has 0 unspecified atom stereocenters. The van der Waals surface area contributed by atoms with E-state index in [-0.39, 0.29) is 0 Å². The van der Waals surface area contributed by atoms with Gasteiger partial charge in [-0.1, -0.05) is 0 Å². The molecule has 0 aliphatic carbocycles. The Morgan fingerprint density at radius 1 is 1.11 bits per heavy atom. The fraction of sp³-hybridized carbons (Fsp3) is 0.185. The molecular weight excluding hydrogens is 480 g/mol. The molecule has 0 atom stereocenters. The van der Waals surface area contributed by atoms with E-state index in [0.29, 0.717) is 29.3 Å². The van der Waals surface area contributed by atoms with Crippen molar-refractivity contribution in [3.05, 3.63) is 72.6 Å². The lowest BCUT2D eigenvalue weighted by molar-refractivity contribution is 0.479. The second kappa shape index (κ2) is 10.5. The van der Waals surface area contributed by atoms with Gasteiger partial charge in [-0.15, -0.1) is 0 Å². The molecule has 0 aliphatic rings. The number of aryl methyl sites for hydroxylation is 2. The minimum Gasteiger partial charge on any atom is -0.457 e. The van der Waals surface area contributed by atoms with Gasteiger partial charge >= 0.3 is 0 Å². The Kier molecular flexibility index (Phi) is 6.81. The van der Waals surface area contributed by atoms with Gasteiger partial charge < -0.3 is 25.7 Å². The van der Waals surface area contributed by atoms with E-state index in [1.165, 1.54) is 12.5 Å². The molecule has 192 valence electrons. The van der Waals surface area contributed by atoms with Gasteiger partial charge in [-0.05, 0) is 49.7 Å². The average Bonchev–Trinajstić information content (AvgIpc) is 3.30. The summed E-state index contributed by atoms with van der Waals surface area (Å²) in [4.78, 5) is 26.3. The third-order valence-electron chi connectivity index (χ3n) is 6.18. The zero-order valence-electron chi connectivity index (χ0n) is 21.6. The van der Waals surface area contributed by atoms with E-state index in [1.54, 1.807) is 19.6 Å². The van der Waals surface area contributed by atoms with Gasteiger partial charge in [0.15, 0.2) is 5.82 Å². The molecule has 0 aliphatic heterocycles. The first-order valence-corrected chi connectivity index (χ1v) is 12.0. The van der Waals surface area contributed by atoms with Gasteiger partial charge in [0.05, 0.1) is 23.6 Å². The number of nitrogens with two attached hydrogens (primary N) is 1. The maximum atomic E-state index is 6.14. The molecule has 3 heterocycles. The fourth-order valence-corrected chi connectivity index (χ4v) is 3.94. The standard InChI is InChI=1S/C27H28N10O/c1-16-9-19(5-8-24(16)38-20-6-7-23-21(10-20)34-15-37(23)4)35-26-25-22(32-14-33-26)13-31-27(36-25)30-12-18(11-28)17(2)29-3/h5-11,13-15H,12,28H2,1-4H3,(H,30,31,36)(H,32,33,35). The van der Waals surface area contributed by atoms with Crippen LogP contribution in [0.3, 0.4) is 0 Å². The SMILES string of the molecule is CN=C(C)C(=CN)CNc1ncc2ncnc(Nc3ccc(Oc4ccc5c(c4)ncn5C)c(C)c3)c2n1. The predicted molar refractivity (Wildman–Crippen MR) is 150 cm³/mol. The van der Waals surface area contributed by atoms with Crippen molar-refractivity contribution in [2.75, 3.05) is 24.2 Å². The minimum atomic E-state index is 0.434. The van der Waals surface area contributed by atoms with E-state index in [1.807, 2.05) is 61.9 Å². The number of fused-ring (bicyclic) bond motifs is 2. The first-order valence-electron chi connectivity index (χ1n) is 12.0. The number of hydrogen-bond acceptors (Lipinski definition) is 10. The third-order valence-corrected chi connectivity index (χ3v) is 6.18. The Bertz CT molecular complexity index is 1690. The lowest BCUT2D eigenvalue weighted by Crippen LogP contribution is -2.14. The number of imidazole rings is 1. The Morgan fingerprint density at radius 2 is 1.97 bits per heavy atom. The Labute approximate surface area is 219 Å². The van der Waals surface area contributed by atoms with E-state index in [9.17, 15) is 0 Å². The number of benzene rings is 2. The van der Waals surface area contributed by atoms with Crippen LogP contribution in [-0.4, -0.2) is 48.8 Å². The monoisotopic (exact) mass is 508 g/mol. The van der Waals surface area contributed by atoms with Crippen molar-refractivity contribution in [2.24, 2.45) is 17.8 Å². The first kappa shape index (κ1) is 24.6. The summed E-state index contributed by atoms with van der Waals surface area (Å²) in [7, 11) is 3.69. The number of anilines is 3. The maximum Gasteiger partial charge on any atom is 0.223 e. The topological polar surface area (TPSA) is 141 Å². The van der Waals surface area contributed by atoms with E-state index in [0.717, 1.165) is 45.1 Å². The molecule has 0 radical (unpaired) electrons. The number of aromatic nitrogens is 6. The van der Waals surface area contributed by atoms with Crippen LogP contribution in [0.2, 0.25) is 0 Å². The van der Waals surface area contributed by atoms with Crippen molar-refractivity contribution < 1.29 is 4.74 Å². The second-order valence-electron chi connectivity index (χ2n) is 8.72. The van der Waals surface area contributed by atoms with E-state index in [2.05, 4.69) is 40.5 Å². The summed E-state index contributed by atoms with van der Waals surface area (Å²) >= 11 is 0. The summed E-state index contributed by atoms with van der Waals surface area (Å²) < 4.78 is 8.12. The van der Waals surface area contributed by atoms with Gasteiger partial charge in [0.1, 0.15) is 28.9 Å². The summed E-state index contributed by atoms with van der Waals surface area (Å²) in [5.74, 6) is 2.48. The molecule has 5 aromatic rings. The van der Waals surface area contributed by atoms with Crippen LogP contribution in [0.1, 0.15) is 12.5 Å². The van der Waals surface area contributed by atoms with Gasteiger partial charge in [-0.3, -0.25) is 4.99 Å². The Hall–Kier alpha value is -5.06. The number of nitrogens with zero attached hydrogens (tertiary/aromatic N) is 7. The molecule has 2 aromatic carbocycles. The van der Waals surface area contributed by atoms with Crippen molar-refractivity contribution in [1.29, 1.82) is 0 Å². The highest BCUT2D eigenvalue weighted by Gasteiger charge is 2.11. The normalized spacial score (nSPS) is 12.2. The summed E-state index contributed by atoms with van der Waals surface area (Å²) in [6, 6.07) is 11.7. The molecule has 11 heteroatoms. The molecule has 0 saturated carbocycles. The van der Waals surface area contributed by atoms with Crippen LogP contribution in [0.25, 0.3) is 22.1 Å². The van der Waals surface area contributed by atoms with Crippen LogP contribution in [0.15, 0.2) is 72.0 Å². The summed E-state index contributed by atoms with van der Waals surface area (Å²) in [5, 5.41) is 6.54. The van der Waals surface area contributed by atoms with Crippen LogP contribution in [0.5, 0.6) is 11.5 Å². The third kappa shape index (κ3) is 5.07. The van der Waals surface area contributed by atoms with Gasteiger partial charge in [-0.25, -0.2) is 24.9 Å². The van der Waals surface area contributed by atoms with E-state index < -0.39 is 0 Å². The van der Waals surface area contributed by atoms with Crippen molar-refractivity contribution in [2.45, 2.75) is 13.8 Å². The molecular formula is C27H28N10O. The highest BCUT2D eigenvalue weighted by Crippen LogP contribution is 2.30. The molecule has 5 rings (SSSR count). The number of aliphatic imine (C=N–C) groups is 1. The molecule has 0 fully saturated rings. The van der Waals surface area contributed by atoms with E-state index >= 15 is 0 Å². The molecule has 11 nitrogen and oxygen atoms in total. The van der Waals surface area contributed by atoms with Crippen LogP contribution < -0.4 is 21.1 Å². The van der Waals surface area contributed by atoms with Crippen LogP contribution in [0.4, 0.5) is 17.5 Å². The summed E-state index contributed by atoms with van der Waals surface area (Å²) in [6.07, 6.45) is 6.46. The Balaban J connectivity index is 1.35. The fourth-order valence-electron chi connectivity index (χ4n) is 3.94. The molecule has 4 N–H and O–H groups in total. The number of hydrogen-bond donors (Lipinski definition) is 3. The molecule has 0 spiro atoms. The molecule has 3 aromatic heterocycles. The smallest absolute Gasteiger partial charge is 0.223 e. The van der Waals surface area contributed by atoms with Gasteiger partial charge in [0.25, 0.3) is 0 Å². The lowest BCUT2D eigenvalue weighted by Gasteiger charge is -2.13. The van der Waals surface area contributed by atoms with Gasteiger partial charge in [-0.2, -0.15) is 0 Å². The van der Waals surface area contributed by atoms with Crippen molar-refractivity contribution in [3.8, 4) is 11.5 Å². The maximum absolute atomic E-state index is 6.14. The van der Waals surface area contributed by atoms with Crippen molar-refractivity contribution in [1.82, 2.24) is 29.5 Å². The second-order valence-corrected chi connectivity index (χ2v) is 8.72. The molecule has 0 amide bonds. The number of ether oxygens (including phenoxy) is 1. The highest BCUT2D eigenvalue weighted by atomic mass is 16.5. The van der Waals surface area contributed by atoms with E-state index in [4.69, 9.17) is 10.5 Å². The number of nitrogens with one attached hydrogen (secondary N) is 2. The molecule has 0 saturated heterocycles. The lowest BCUT2D eigenvalue weighted by atomic mass is 10.2. The zero-order chi connectivity index (χ0) is 26.6. The highest BCUT2D eigenvalue weighted by molar-refractivity contribution is 5.98. The quantitative estimate of drug-likeness (QED) is 0.258. The molecule has 38 heavy (non-hydrogen) atoms. The predicted octanol–water partition coefficient (Wildman–Crippen LogP) is 4.50. The largest absolute Gasteiger partial charge is 0.457 e. The van der Waals surface area contributed by atoms with Crippen LogP contribution in [0, 0.1) is 6.92 Å². The van der Waals surface area contributed by atoms with Crippen LogP contribution in [-0.2, 0) is 7.05 Å². The van der Waals surface area contributed by atoms with Crippen molar-refractivity contribution in [3.63, 3.8) is 0 Å². The van der Waals surface area contributed by atoms with Crippen LogP contribution >= 0.6 is 0 Å².